The molecule has 0 aliphatic rings. The second-order valence-electron chi connectivity index (χ2n) is 4.53. The molecular weight excluding hydrogens is 272 g/mol. The molecule has 0 saturated carbocycles. The Morgan fingerprint density at radius 1 is 1.52 bits per heavy atom. The lowest BCUT2D eigenvalue weighted by Crippen LogP contribution is -2.36. The van der Waals surface area contributed by atoms with Gasteiger partial charge in [-0.05, 0) is 6.07 Å². The van der Waals surface area contributed by atoms with E-state index in [-0.39, 0.29) is 25.7 Å². The number of ether oxygens (including phenoxy) is 1. The third-order valence-corrected chi connectivity index (χ3v) is 2.65. The number of carbonyl (C=O) groups is 1. The summed E-state index contributed by atoms with van der Waals surface area (Å²) < 4.78 is 4.82. The number of aliphatic hydroxyl groups excluding tert-OH is 2. The number of nitrogens with zero attached hydrogens (tertiary/aromatic N) is 2. The first-order valence-corrected chi connectivity index (χ1v) is 6.55. The Kier molecular flexibility index (Phi) is 7.40. The summed E-state index contributed by atoms with van der Waals surface area (Å²) in [6.07, 6.45) is 2.66. The first-order chi connectivity index (χ1) is 10.1. The Balaban J connectivity index is 2.74. The van der Waals surface area contributed by atoms with E-state index >= 15 is 0 Å². The van der Waals surface area contributed by atoms with Crippen molar-refractivity contribution in [2.45, 2.75) is 12.5 Å². The molecule has 1 atom stereocenters. The zero-order valence-corrected chi connectivity index (χ0v) is 12.2. The highest BCUT2D eigenvalue weighted by atomic mass is 16.5. The number of amides is 1. The summed E-state index contributed by atoms with van der Waals surface area (Å²) in [6, 6.07) is 1.64. The SMILES string of the molecule is COCC(O)CN(C)C(=O)c1cncc(C#CCCO)c1. The van der Waals surface area contributed by atoms with E-state index < -0.39 is 6.10 Å². The highest BCUT2D eigenvalue weighted by molar-refractivity contribution is 5.94. The molecule has 0 aliphatic carbocycles. The van der Waals surface area contributed by atoms with Gasteiger partial charge in [-0.15, -0.1) is 0 Å². The monoisotopic (exact) mass is 292 g/mol. The van der Waals surface area contributed by atoms with Gasteiger partial charge in [-0.3, -0.25) is 9.78 Å². The molecule has 0 spiro atoms. The lowest BCUT2D eigenvalue weighted by Gasteiger charge is -2.20. The van der Waals surface area contributed by atoms with Crippen LogP contribution in [0.2, 0.25) is 0 Å². The van der Waals surface area contributed by atoms with Gasteiger partial charge in [0.1, 0.15) is 0 Å². The summed E-state index contributed by atoms with van der Waals surface area (Å²) in [5, 5.41) is 18.3. The van der Waals surface area contributed by atoms with Crippen LogP contribution in [0.5, 0.6) is 0 Å². The van der Waals surface area contributed by atoms with Crippen molar-refractivity contribution in [3.63, 3.8) is 0 Å². The Labute approximate surface area is 124 Å². The van der Waals surface area contributed by atoms with Crippen LogP contribution < -0.4 is 0 Å². The van der Waals surface area contributed by atoms with Gasteiger partial charge < -0.3 is 19.8 Å². The number of carbonyl (C=O) groups excluding carboxylic acids is 1. The van der Waals surface area contributed by atoms with Crippen LogP contribution in [0.1, 0.15) is 22.3 Å². The molecule has 21 heavy (non-hydrogen) atoms. The van der Waals surface area contributed by atoms with Crippen molar-refractivity contribution in [1.29, 1.82) is 0 Å². The van der Waals surface area contributed by atoms with Gasteiger partial charge in [0.15, 0.2) is 0 Å². The summed E-state index contributed by atoms with van der Waals surface area (Å²) in [5.74, 6) is 5.36. The van der Waals surface area contributed by atoms with Gasteiger partial charge in [-0.1, -0.05) is 11.8 Å². The first kappa shape index (κ1) is 17.1. The van der Waals surface area contributed by atoms with Gasteiger partial charge >= 0.3 is 0 Å². The van der Waals surface area contributed by atoms with E-state index in [1.54, 1.807) is 19.3 Å². The highest BCUT2D eigenvalue weighted by Crippen LogP contribution is 2.06. The maximum Gasteiger partial charge on any atom is 0.255 e. The zero-order chi connectivity index (χ0) is 15.7. The topological polar surface area (TPSA) is 82.9 Å². The largest absolute Gasteiger partial charge is 0.395 e. The fraction of sp³-hybridized carbons (Fsp3) is 0.467. The van der Waals surface area contributed by atoms with Crippen molar-refractivity contribution in [3.8, 4) is 11.8 Å². The maximum atomic E-state index is 12.2. The molecule has 114 valence electrons. The molecule has 0 aromatic carbocycles. The molecule has 6 heteroatoms. The van der Waals surface area contributed by atoms with Crippen molar-refractivity contribution in [1.82, 2.24) is 9.88 Å². The normalized spacial score (nSPS) is 11.4. The molecular formula is C15H20N2O4. The fourth-order valence-electron chi connectivity index (χ4n) is 1.71. The van der Waals surface area contributed by atoms with Crippen LogP contribution >= 0.6 is 0 Å². The lowest BCUT2D eigenvalue weighted by atomic mass is 10.2. The average molecular weight is 292 g/mol. The summed E-state index contributed by atoms with van der Waals surface area (Å²) in [7, 11) is 3.09. The van der Waals surface area contributed by atoms with Crippen LogP contribution in [0.15, 0.2) is 18.5 Å². The van der Waals surface area contributed by atoms with Gasteiger partial charge in [-0.2, -0.15) is 0 Å². The predicted octanol–water partition coefficient (Wildman–Crippen LogP) is -0.105. The molecule has 0 saturated heterocycles. The highest BCUT2D eigenvalue weighted by Gasteiger charge is 2.15. The summed E-state index contributed by atoms with van der Waals surface area (Å²) in [6.45, 7) is 0.342. The average Bonchev–Trinajstić information content (AvgIpc) is 2.47. The number of likely N-dealkylation sites (N-methyl/N-ethyl adjacent to an activating group) is 1. The van der Waals surface area contributed by atoms with Crippen molar-refractivity contribution < 1.29 is 19.7 Å². The van der Waals surface area contributed by atoms with Crippen molar-refractivity contribution in [2.24, 2.45) is 0 Å². The number of hydrogen-bond donors (Lipinski definition) is 2. The molecule has 1 unspecified atom stereocenters. The molecule has 1 heterocycles. The molecule has 2 N–H and O–H groups in total. The van der Waals surface area contributed by atoms with Crippen LogP contribution in [-0.4, -0.2) is 66.0 Å². The quantitative estimate of drug-likeness (QED) is 0.715. The van der Waals surface area contributed by atoms with E-state index in [1.165, 1.54) is 18.2 Å². The molecule has 1 rings (SSSR count). The van der Waals surface area contributed by atoms with Gasteiger partial charge in [0.25, 0.3) is 5.91 Å². The minimum absolute atomic E-state index is 0.000818. The second kappa shape index (κ2) is 9.08. The fourth-order valence-corrected chi connectivity index (χ4v) is 1.71. The Morgan fingerprint density at radius 3 is 2.95 bits per heavy atom. The van der Waals surface area contributed by atoms with Crippen LogP contribution in [0.3, 0.4) is 0 Å². The smallest absolute Gasteiger partial charge is 0.255 e. The molecule has 1 aromatic rings. The molecule has 0 aliphatic heterocycles. The standard InChI is InChI=1S/C15H20N2O4/c1-17(10-14(19)11-21-2)15(20)13-7-12(8-16-9-13)5-3-4-6-18/h7-9,14,18-19H,4,6,10-11H2,1-2H3. The summed E-state index contributed by atoms with van der Waals surface area (Å²) in [4.78, 5) is 17.6. The number of hydrogen-bond acceptors (Lipinski definition) is 5. The van der Waals surface area contributed by atoms with Gasteiger partial charge in [0.05, 0.1) is 24.9 Å². The van der Waals surface area contributed by atoms with Gasteiger partial charge in [0.2, 0.25) is 0 Å². The van der Waals surface area contributed by atoms with Crippen LogP contribution in [0, 0.1) is 11.8 Å². The minimum atomic E-state index is -0.732. The number of methoxy groups -OCH3 is 1. The van der Waals surface area contributed by atoms with E-state index in [9.17, 15) is 9.90 Å². The minimum Gasteiger partial charge on any atom is -0.395 e. The van der Waals surface area contributed by atoms with Gasteiger partial charge in [-0.25, -0.2) is 0 Å². The van der Waals surface area contributed by atoms with E-state index in [2.05, 4.69) is 16.8 Å². The number of pyridine rings is 1. The van der Waals surface area contributed by atoms with Crippen LogP contribution in [0.25, 0.3) is 0 Å². The molecule has 1 amide bonds. The van der Waals surface area contributed by atoms with Crippen LogP contribution in [-0.2, 0) is 4.74 Å². The van der Waals surface area contributed by atoms with E-state index in [4.69, 9.17) is 9.84 Å². The zero-order valence-electron chi connectivity index (χ0n) is 12.2. The van der Waals surface area contributed by atoms with E-state index in [0.29, 0.717) is 17.5 Å². The van der Waals surface area contributed by atoms with Crippen molar-refractivity contribution in [2.75, 3.05) is 33.9 Å². The first-order valence-electron chi connectivity index (χ1n) is 6.55. The Morgan fingerprint density at radius 2 is 2.29 bits per heavy atom. The summed E-state index contributed by atoms with van der Waals surface area (Å²) in [5.41, 5.74) is 1.01. The third-order valence-electron chi connectivity index (χ3n) is 2.65. The van der Waals surface area contributed by atoms with E-state index in [1.807, 2.05) is 0 Å². The molecule has 0 bridgehead atoms. The molecule has 0 fully saturated rings. The van der Waals surface area contributed by atoms with Gasteiger partial charge in [0, 0.05) is 45.1 Å². The Hall–Kier alpha value is -1.94. The number of aromatic nitrogens is 1. The number of aliphatic hydroxyl groups is 2. The Bertz CT molecular complexity index is 522. The molecule has 0 radical (unpaired) electrons. The maximum absolute atomic E-state index is 12.2. The third kappa shape index (κ3) is 5.92. The lowest BCUT2D eigenvalue weighted by molar-refractivity contribution is 0.0380. The molecule has 1 aromatic heterocycles. The predicted molar refractivity (Wildman–Crippen MR) is 77.7 cm³/mol. The van der Waals surface area contributed by atoms with Crippen molar-refractivity contribution >= 4 is 5.91 Å². The van der Waals surface area contributed by atoms with E-state index in [0.717, 1.165) is 0 Å². The second-order valence-corrected chi connectivity index (χ2v) is 4.53. The molecule has 6 nitrogen and oxygen atoms in total. The van der Waals surface area contributed by atoms with Crippen molar-refractivity contribution in [3.05, 3.63) is 29.6 Å². The van der Waals surface area contributed by atoms with Crippen LogP contribution in [0.4, 0.5) is 0 Å². The summed E-state index contributed by atoms with van der Waals surface area (Å²) >= 11 is 0. The number of rotatable bonds is 6.